The zero-order chi connectivity index (χ0) is 18.5. The molecule has 2 heterocycles. The van der Waals surface area contributed by atoms with Gasteiger partial charge in [-0.2, -0.15) is 0 Å². The van der Waals surface area contributed by atoms with Crippen LogP contribution in [0.25, 0.3) is 11.1 Å². The van der Waals surface area contributed by atoms with Crippen LogP contribution < -0.4 is 10.1 Å². The highest BCUT2D eigenvalue weighted by atomic mass is 16.5. The van der Waals surface area contributed by atoms with E-state index in [-0.39, 0.29) is 11.8 Å². The molecule has 6 nitrogen and oxygen atoms in total. The highest BCUT2D eigenvalue weighted by molar-refractivity contribution is 5.97. The van der Waals surface area contributed by atoms with E-state index >= 15 is 0 Å². The predicted molar refractivity (Wildman–Crippen MR) is 99.3 cm³/mol. The van der Waals surface area contributed by atoms with E-state index in [9.17, 15) is 4.79 Å². The Hall–Kier alpha value is -2.89. The van der Waals surface area contributed by atoms with Gasteiger partial charge in [0, 0.05) is 12.7 Å². The van der Waals surface area contributed by atoms with E-state index in [4.69, 9.17) is 9.26 Å². The van der Waals surface area contributed by atoms with E-state index in [1.54, 1.807) is 6.07 Å². The first kappa shape index (κ1) is 17.9. The molecule has 0 spiro atoms. The maximum Gasteiger partial charge on any atom is 0.257 e. The molecule has 3 aromatic rings. The standard InChI is InChI=1S/C20H23N3O3/c1-4-9-25-16-7-5-14(6-8-16)11-21-19(24)15-10-17-18(13(2)3)23-26-20(17)22-12-15/h5-8,10,12-13H,4,9,11H2,1-3H3,(H,21,24). The average molecular weight is 353 g/mol. The van der Waals surface area contributed by atoms with Crippen molar-refractivity contribution in [3.05, 3.63) is 53.3 Å². The lowest BCUT2D eigenvalue weighted by Gasteiger charge is -2.08. The van der Waals surface area contributed by atoms with Crippen LogP contribution in [-0.2, 0) is 6.54 Å². The first-order valence-electron chi connectivity index (χ1n) is 8.83. The minimum Gasteiger partial charge on any atom is -0.494 e. The van der Waals surface area contributed by atoms with Gasteiger partial charge in [0.05, 0.1) is 23.3 Å². The Kier molecular flexibility index (Phi) is 5.51. The zero-order valence-corrected chi connectivity index (χ0v) is 15.3. The van der Waals surface area contributed by atoms with Crippen molar-refractivity contribution in [2.24, 2.45) is 0 Å². The Balaban J connectivity index is 1.66. The summed E-state index contributed by atoms with van der Waals surface area (Å²) >= 11 is 0. The number of benzene rings is 1. The molecule has 3 rings (SSSR count). The van der Waals surface area contributed by atoms with Crippen LogP contribution in [0.5, 0.6) is 5.75 Å². The van der Waals surface area contributed by atoms with Gasteiger partial charge in [0.25, 0.3) is 11.6 Å². The van der Waals surface area contributed by atoms with E-state index in [0.717, 1.165) is 28.8 Å². The summed E-state index contributed by atoms with van der Waals surface area (Å²) in [6, 6.07) is 9.51. The Labute approximate surface area is 152 Å². The van der Waals surface area contributed by atoms with Crippen LogP contribution in [-0.4, -0.2) is 22.7 Å². The Morgan fingerprint density at radius 1 is 1.27 bits per heavy atom. The third-order valence-corrected chi connectivity index (χ3v) is 4.02. The lowest BCUT2D eigenvalue weighted by molar-refractivity contribution is 0.0950. The van der Waals surface area contributed by atoms with Gasteiger partial charge in [-0.25, -0.2) is 4.98 Å². The lowest BCUT2D eigenvalue weighted by Crippen LogP contribution is -2.22. The van der Waals surface area contributed by atoms with Crippen LogP contribution in [0, 0.1) is 0 Å². The molecule has 0 aliphatic rings. The summed E-state index contributed by atoms with van der Waals surface area (Å²) in [5.41, 5.74) is 2.76. The van der Waals surface area contributed by atoms with Crippen LogP contribution in [0.2, 0.25) is 0 Å². The van der Waals surface area contributed by atoms with Gasteiger partial charge >= 0.3 is 0 Å². The third-order valence-electron chi connectivity index (χ3n) is 4.02. The van der Waals surface area contributed by atoms with Crippen molar-refractivity contribution < 1.29 is 14.1 Å². The van der Waals surface area contributed by atoms with Gasteiger partial charge in [-0.15, -0.1) is 0 Å². The van der Waals surface area contributed by atoms with Gasteiger partial charge in [-0.1, -0.05) is 38.1 Å². The summed E-state index contributed by atoms with van der Waals surface area (Å²) < 4.78 is 10.8. The fourth-order valence-corrected chi connectivity index (χ4v) is 2.60. The number of hydrogen-bond donors (Lipinski definition) is 1. The Morgan fingerprint density at radius 3 is 2.73 bits per heavy atom. The van der Waals surface area contributed by atoms with E-state index in [0.29, 0.717) is 24.4 Å². The van der Waals surface area contributed by atoms with Crippen molar-refractivity contribution in [3.63, 3.8) is 0 Å². The van der Waals surface area contributed by atoms with Gasteiger partial charge in [-0.3, -0.25) is 4.79 Å². The molecule has 0 fully saturated rings. The Morgan fingerprint density at radius 2 is 2.04 bits per heavy atom. The molecule has 6 heteroatoms. The molecule has 136 valence electrons. The summed E-state index contributed by atoms with van der Waals surface area (Å²) in [5, 5.41) is 7.73. The number of carbonyl (C=O) groups is 1. The number of hydrogen-bond acceptors (Lipinski definition) is 5. The van der Waals surface area contributed by atoms with Crippen molar-refractivity contribution >= 4 is 17.0 Å². The molecule has 0 saturated carbocycles. The molecule has 26 heavy (non-hydrogen) atoms. The van der Waals surface area contributed by atoms with Gasteiger partial charge in [-0.05, 0) is 36.1 Å². The molecule has 0 aliphatic carbocycles. The number of rotatable bonds is 7. The van der Waals surface area contributed by atoms with Crippen LogP contribution in [0.1, 0.15) is 54.7 Å². The highest BCUT2D eigenvalue weighted by Gasteiger charge is 2.15. The number of ether oxygens (including phenoxy) is 1. The number of aromatic nitrogens is 2. The maximum atomic E-state index is 12.4. The molecule has 2 aromatic heterocycles. The Bertz CT molecular complexity index is 885. The summed E-state index contributed by atoms with van der Waals surface area (Å²) in [4.78, 5) is 16.6. The largest absolute Gasteiger partial charge is 0.494 e. The second-order valence-corrected chi connectivity index (χ2v) is 6.47. The minimum atomic E-state index is -0.179. The monoisotopic (exact) mass is 353 g/mol. The number of nitrogens with zero attached hydrogens (tertiary/aromatic N) is 2. The van der Waals surface area contributed by atoms with Gasteiger partial charge in [0.15, 0.2) is 0 Å². The summed E-state index contributed by atoms with van der Waals surface area (Å²) in [7, 11) is 0. The van der Waals surface area contributed by atoms with E-state index in [1.165, 1.54) is 6.20 Å². The van der Waals surface area contributed by atoms with E-state index < -0.39 is 0 Å². The first-order valence-corrected chi connectivity index (χ1v) is 8.83. The second-order valence-electron chi connectivity index (χ2n) is 6.47. The molecular weight excluding hydrogens is 330 g/mol. The molecular formula is C20H23N3O3. The predicted octanol–water partition coefficient (Wildman–Crippen LogP) is 4.07. The van der Waals surface area contributed by atoms with E-state index in [1.807, 2.05) is 38.1 Å². The van der Waals surface area contributed by atoms with Crippen LogP contribution >= 0.6 is 0 Å². The summed E-state index contributed by atoms with van der Waals surface area (Å²) in [6.07, 6.45) is 2.48. The topological polar surface area (TPSA) is 77.2 Å². The zero-order valence-electron chi connectivity index (χ0n) is 15.3. The summed E-state index contributed by atoms with van der Waals surface area (Å²) in [5.74, 6) is 0.858. The van der Waals surface area contributed by atoms with Gasteiger partial charge < -0.3 is 14.6 Å². The number of fused-ring (bicyclic) bond motifs is 1. The third kappa shape index (κ3) is 4.02. The molecule has 0 saturated heterocycles. The second kappa shape index (κ2) is 7.99. The van der Waals surface area contributed by atoms with Crippen molar-refractivity contribution in [2.45, 2.75) is 39.7 Å². The number of nitrogens with one attached hydrogen (secondary N) is 1. The number of carbonyl (C=O) groups excluding carboxylic acids is 1. The maximum absolute atomic E-state index is 12.4. The van der Waals surface area contributed by atoms with Crippen molar-refractivity contribution in [3.8, 4) is 5.75 Å². The fraction of sp³-hybridized carbons (Fsp3) is 0.350. The quantitative estimate of drug-likeness (QED) is 0.693. The van der Waals surface area contributed by atoms with Crippen molar-refractivity contribution in [1.29, 1.82) is 0 Å². The normalized spacial score (nSPS) is 11.1. The van der Waals surface area contributed by atoms with Gasteiger partial charge in [0.1, 0.15) is 5.75 Å². The van der Waals surface area contributed by atoms with Crippen molar-refractivity contribution in [1.82, 2.24) is 15.5 Å². The molecule has 1 aromatic carbocycles. The average Bonchev–Trinajstić information content (AvgIpc) is 3.08. The minimum absolute atomic E-state index is 0.179. The fourth-order valence-electron chi connectivity index (χ4n) is 2.60. The van der Waals surface area contributed by atoms with Gasteiger partial charge in [0.2, 0.25) is 0 Å². The summed E-state index contributed by atoms with van der Waals surface area (Å²) in [6.45, 7) is 7.26. The van der Waals surface area contributed by atoms with E-state index in [2.05, 4.69) is 22.4 Å². The SMILES string of the molecule is CCCOc1ccc(CNC(=O)c2cnc3onc(C(C)C)c3c2)cc1. The molecule has 0 radical (unpaired) electrons. The molecule has 0 aliphatic heterocycles. The lowest BCUT2D eigenvalue weighted by atomic mass is 10.1. The van der Waals surface area contributed by atoms with Crippen LogP contribution in [0.4, 0.5) is 0 Å². The smallest absolute Gasteiger partial charge is 0.257 e. The first-order chi connectivity index (χ1) is 12.6. The van der Waals surface area contributed by atoms with Crippen molar-refractivity contribution in [2.75, 3.05) is 6.61 Å². The number of pyridine rings is 1. The molecule has 0 unspecified atom stereocenters. The highest BCUT2D eigenvalue weighted by Crippen LogP contribution is 2.24. The number of amides is 1. The van der Waals surface area contributed by atoms with Crippen LogP contribution in [0.15, 0.2) is 41.1 Å². The van der Waals surface area contributed by atoms with Crippen LogP contribution in [0.3, 0.4) is 0 Å². The molecule has 0 bridgehead atoms. The molecule has 1 N–H and O–H groups in total. The molecule has 1 amide bonds. The molecule has 0 atom stereocenters.